The summed E-state index contributed by atoms with van der Waals surface area (Å²) < 4.78 is 11.0. The van der Waals surface area contributed by atoms with Gasteiger partial charge in [-0.3, -0.25) is 19.8 Å². The second-order valence-corrected chi connectivity index (χ2v) is 9.81. The number of Topliss-reactive ketones (excluding diaryl/α,β-unsaturated/α-hetero) is 1. The standard InChI is InChI=1S/C31H28N4O5/c1-18-9-10-21(35(37)38)15-25(18)34-26-13-20(19-7-5-4-6-8-19)14-27(36)30(26)29(24(17-32)31(34)33)23-12-11-22(39-2)16-28(23)40-3/h4-12,15-16,20,29H,13-14,33H2,1-3H3/t20-,29+/m0/s1. The number of aryl methyl sites for hydroxylation is 1. The quantitative estimate of drug-likeness (QED) is 0.317. The van der Waals surface area contributed by atoms with Crippen LogP contribution in [-0.2, 0) is 4.79 Å². The molecule has 1 aliphatic carbocycles. The van der Waals surface area contributed by atoms with Gasteiger partial charge in [0.05, 0.1) is 42.4 Å². The summed E-state index contributed by atoms with van der Waals surface area (Å²) in [6.45, 7) is 1.82. The number of rotatable bonds is 6. The molecule has 0 unspecified atom stereocenters. The number of carbonyl (C=O) groups is 1. The highest BCUT2D eigenvalue weighted by Crippen LogP contribution is 2.51. The molecule has 1 aliphatic heterocycles. The molecule has 2 aliphatic rings. The number of hydrogen-bond donors (Lipinski definition) is 1. The number of benzene rings is 3. The molecule has 0 fully saturated rings. The van der Waals surface area contributed by atoms with Gasteiger partial charge in [0, 0.05) is 41.5 Å². The molecular weight excluding hydrogens is 508 g/mol. The first-order valence-corrected chi connectivity index (χ1v) is 12.8. The van der Waals surface area contributed by atoms with Crippen LogP contribution in [0.25, 0.3) is 0 Å². The van der Waals surface area contributed by atoms with Crippen LogP contribution in [0.5, 0.6) is 11.5 Å². The molecule has 0 radical (unpaired) electrons. The zero-order chi connectivity index (χ0) is 28.6. The van der Waals surface area contributed by atoms with E-state index < -0.39 is 10.8 Å². The fourth-order valence-electron chi connectivity index (χ4n) is 5.69. The van der Waals surface area contributed by atoms with Crippen LogP contribution in [-0.4, -0.2) is 24.9 Å². The number of allylic oxidation sites excluding steroid dienone is 3. The molecule has 3 aromatic carbocycles. The molecule has 0 spiro atoms. The Bertz CT molecular complexity index is 1620. The Labute approximate surface area is 231 Å². The Hall–Kier alpha value is -5.10. The highest BCUT2D eigenvalue weighted by molar-refractivity contribution is 6.02. The second-order valence-electron chi connectivity index (χ2n) is 9.81. The minimum absolute atomic E-state index is 0.116. The van der Waals surface area contributed by atoms with Gasteiger partial charge >= 0.3 is 0 Å². The average molecular weight is 537 g/mol. The van der Waals surface area contributed by atoms with E-state index >= 15 is 0 Å². The Morgan fingerprint density at radius 3 is 2.45 bits per heavy atom. The lowest BCUT2D eigenvalue weighted by atomic mass is 9.71. The first-order chi connectivity index (χ1) is 19.3. The Balaban J connectivity index is 1.79. The molecule has 9 heteroatoms. The van der Waals surface area contributed by atoms with Crippen LogP contribution < -0.4 is 20.1 Å². The van der Waals surface area contributed by atoms with Crippen LogP contribution in [0.2, 0.25) is 0 Å². The summed E-state index contributed by atoms with van der Waals surface area (Å²) in [5, 5.41) is 22.1. The molecule has 2 N–H and O–H groups in total. The van der Waals surface area contributed by atoms with Crippen molar-refractivity contribution in [2.75, 3.05) is 19.1 Å². The molecule has 0 amide bonds. The van der Waals surface area contributed by atoms with Gasteiger partial charge in [0.2, 0.25) is 0 Å². The van der Waals surface area contributed by atoms with Gasteiger partial charge < -0.3 is 15.2 Å². The molecule has 0 aromatic heterocycles. The maximum atomic E-state index is 14.1. The van der Waals surface area contributed by atoms with Gasteiger partial charge in [0.1, 0.15) is 17.3 Å². The number of carbonyl (C=O) groups excluding carboxylic acids is 1. The SMILES string of the molecule is COc1ccc([C@@H]2C(C#N)=C(N)N(c3cc([N+](=O)[O-])ccc3C)C3=C2C(=O)C[C@@H](c2ccccc2)C3)c(OC)c1. The Kier molecular flexibility index (Phi) is 7.01. The molecule has 202 valence electrons. The van der Waals surface area contributed by atoms with Crippen LogP contribution in [0.4, 0.5) is 11.4 Å². The predicted octanol–water partition coefficient (Wildman–Crippen LogP) is 5.62. The van der Waals surface area contributed by atoms with E-state index in [9.17, 15) is 20.2 Å². The Morgan fingerprint density at radius 1 is 1.05 bits per heavy atom. The number of ether oxygens (including phenoxy) is 2. The van der Waals surface area contributed by atoms with E-state index in [1.165, 1.54) is 19.2 Å². The molecule has 0 saturated heterocycles. The summed E-state index contributed by atoms with van der Waals surface area (Å²) in [5.74, 6) is 0.105. The number of nitro groups is 1. The van der Waals surface area contributed by atoms with Crippen molar-refractivity contribution in [1.82, 2.24) is 0 Å². The van der Waals surface area contributed by atoms with Crippen molar-refractivity contribution in [2.45, 2.75) is 31.6 Å². The number of nitrogens with zero attached hydrogens (tertiary/aromatic N) is 3. The van der Waals surface area contributed by atoms with Gasteiger partial charge in [-0.1, -0.05) is 42.5 Å². The maximum Gasteiger partial charge on any atom is 0.271 e. The van der Waals surface area contributed by atoms with Crippen molar-refractivity contribution in [3.63, 3.8) is 0 Å². The lowest BCUT2D eigenvalue weighted by molar-refractivity contribution is -0.384. The smallest absolute Gasteiger partial charge is 0.271 e. The number of nitriles is 1. The van der Waals surface area contributed by atoms with E-state index in [0.717, 1.165) is 5.56 Å². The largest absolute Gasteiger partial charge is 0.497 e. The molecule has 40 heavy (non-hydrogen) atoms. The summed E-state index contributed by atoms with van der Waals surface area (Å²) >= 11 is 0. The molecule has 0 bridgehead atoms. The molecule has 9 nitrogen and oxygen atoms in total. The zero-order valence-corrected chi connectivity index (χ0v) is 22.4. The van der Waals surface area contributed by atoms with E-state index in [-0.39, 0.29) is 35.2 Å². The van der Waals surface area contributed by atoms with Crippen LogP contribution in [0.15, 0.2) is 89.4 Å². The first kappa shape index (κ1) is 26.5. The Morgan fingerprint density at radius 2 is 1.80 bits per heavy atom. The highest BCUT2D eigenvalue weighted by atomic mass is 16.6. The third-order valence-electron chi connectivity index (χ3n) is 7.63. The number of anilines is 1. The van der Waals surface area contributed by atoms with Crippen molar-refractivity contribution < 1.29 is 19.2 Å². The summed E-state index contributed by atoms with van der Waals surface area (Å²) in [7, 11) is 3.06. The minimum atomic E-state index is -0.777. The number of non-ortho nitro benzene ring substituents is 1. The van der Waals surface area contributed by atoms with Crippen molar-refractivity contribution in [2.24, 2.45) is 5.73 Å². The van der Waals surface area contributed by atoms with Crippen LogP contribution in [0.3, 0.4) is 0 Å². The molecule has 3 aromatic rings. The number of nitro benzene ring substituents is 1. The number of hydrogen-bond acceptors (Lipinski definition) is 8. The summed E-state index contributed by atoms with van der Waals surface area (Å²) in [6, 6.07) is 21.7. The fourth-order valence-corrected chi connectivity index (χ4v) is 5.69. The minimum Gasteiger partial charge on any atom is -0.497 e. The van der Waals surface area contributed by atoms with Crippen LogP contribution >= 0.6 is 0 Å². The third-order valence-corrected chi connectivity index (χ3v) is 7.63. The van der Waals surface area contributed by atoms with E-state index in [1.807, 2.05) is 37.3 Å². The zero-order valence-electron chi connectivity index (χ0n) is 22.4. The van der Waals surface area contributed by atoms with Gasteiger partial charge in [0.15, 0.2) is 5.78 Å². The van der Waals surface area contributed by atoms with Gasteiger partial charge in [0.25, 0.3) is 5.69 Å². The number of methoxy groups -OCH3 is 2. The average Bonchev–Trinajstić information content (AvgIpc) is 2.97. The second kappa shape index (κ2) is 10.6. The molecular formula is C31H28N4O5. The molecule has 1 heterocycles. The van der Waals surface area contributed by atoms with E-state index in [2.05, 4.69) is 6.07 Å². The van der Waals surface area contributed by atoms with Gasteiger partial charge in [-0.05, 0) is 36.5 Å². The van der Waals surface area contributed by atoms with Crippen molar-refractivity contribution in [3.05, 3.63) is 116 Å². The van der Waals surface area contributed by atoms with Crippen LogP contribution in [0, 0.1) is 28.4 Å². The van der Waals surface area contributed by atoms with Crippen molar-refractivity contribution in [1.29, 1.82) is 5.26 Å². The lowest BCUT2D eigenvalue weighted by Crippen LogP contribution is -2.40. The molecule has 0 saturated carbocycles. The lowest BCUT2D eigenvalue weighted by Gasteiger charge is -2.42. The molecule has 2 atom stereocenters. The first-order valence-electron chi connectivity index (χ1n) is 12.8. The van der Waals surface area contributed by atoms with Gasteiger partial charge in [-0.25, -0.2) is 0 Å². The summed E-state index contributed by atoms with van der Waals surface area (Å²) in [4.78, 5) is 27.0. The normalized spacial score (nSPS) is 18.8. The summed E-state index contributed by atoms with van der Waals surface area (Å²) in [5.41, 5.74) is 10.7. The number of ketones is 1. The third kappa shape index (κ3) is 4.43. The van der Waals surface area contributed by atoms with Crippen molar-refractivity contribution in [3.8, 4) is 17.6 Å². The fraction of sp³-hybridized carbons (Fsp3) is 0.226. The maximum absolute atomic E-state index is 14.1. The van der Waals surface area contributed by atoms with Gasteiger partial charge in [-0.15, -0.1) is 0 Å². The monoisotopic (exact) mass is 536 g/mol. The van der Waals surface area contributed by atoms with E-state index in [0.29, 0.717) is 46.0 Å². The highest BCUT2D eigenvalue weighted by Gasteiger charge is 2.44. The van der Waals surface area contributed by atoms with Crippen molar-refractivity contribution >= 4 is 17.2 Å². The van der Waals surface area contributed by atoms with E-state index in [4.69, 9.17) is 15.2 Å². The number of nitrogens with two attached hydrogens (primary N) is 1. The molecule has 5 rings (SSSR count). The predicted molar refractivity (Wildman–Crippen MR) is 150 cm³/mol. The van der Waals surface area contributed by atoms with Gasteiger partial charge in [-0.2, -0.15) is 5.26 Å². The van der Waals surface area contributed by atoms with Crippen LogP contribution in [0.1, 0.15) is 41.4 Å². The topological polar surface area (TPSA) is 132 Å². The van der Waals surface area contributed by atoms with E-state index in [1.54, 1.807) is 36.3 Å². The summed E-state index contributed by atoms with van der Waals surface area (Å²) in [6.07, 6.45) is 0.694.